The van der Waals surface area contributed by atoms with Crippen molar-refractivity contribution in [1.82, 2.24) is 4.90 Å². The summed E-state index contributed by atoms with van der Waals surface area (Å²) >= 11 is 0. The number of nitrogens with zero attached hydrogens (tertiary/aromatic N) is 1. The van der Waals surface area contributed by atoms with Gasteiger partial charge < -0.3 is 14.6 Å². The molecule has 0 unspecified atom stereocenters. The molecule has 0 saturated carbocycles. The van der Waals surface area contributed by atoms with Gasteiger partial charge in [0, 0.05) is 19.6 Å². The molecular formula is C15H21NO4. The first-order valence-electron chi connectivity index (χ1n) is 6.91. The Hall–Kier alpha value is -1.59. The fourth-order valence-electron chi connectivity index (χ4n) is 2.26. The fraction of sp³-hybridized carbons (Fsp3) is 0.533. The highest BCUT2D eigenvalue weighted by Crippen LogP contribution is 2.13. The largest absolute Gasteiger partial charge is 0.492 e. The van der Waals surface area contributed by atoms with Gasteiger partial charge >= 0.3 is 5.97 Å². The Balaban J connectivity index is 1.72. The molecule has 0 radical (unpaired) electrons. The lowest BCUT2D eigenvalue weighted by atomic mass is 10.1. The molecule has 0 aromatic heterocycles. The predicted octanol–water partition coefficient (Wildman–Crippen LogP) is 1.41. The first-order valence-corrected chi connectivity index (χ1v) is 6.91. The van der Waals surface area contributed by atoms with Gasteiger partial charge in [0.2, 0.25) is 0 Å². The second kappa shape index (κ2) is 7.26. The highest BCUT2D eigenvalue weighted by Gasteiger charge is 2.15. The normalized spacial score (nSPS) is 19.8. The second-order valence-electron chi connectivity index (χ2n) is 5.04. The number of benzene rings is 1. The third-order valence-electron chi connectivity index (χ3n) is 3.28. The van der Waals surface area contributed by atoms with Gasteiger partial charge in [-0.15, -0.1) is 0 Å². The van der Waals surface area contributed by atoms with Gasteiger partial charge in [-0.25, -0.2) is 0 Å². The number of ether oxygens (including phenoxy) is 2. The van der Waals surface area contributed by atoms with Crippen LogP contribution in [-0.2, 0) is 16.0 Å². The van der Waals surface area contributed by atoms with Gasteiger partial charge in [-0.1, -0.05) is 12.1 Å². The Morgan fingerprint density at radius 1 is 1.45 bits per heavy atom. The van der Waals surface area contributed by atoms with E-state index in [9.17, 15) is 4.79 Å². The maximum Gasteiger partial charge on any atom is 0.307 e. The summed E-state index contributed by atoms with van der Waals surface area (Å²) in [7, 11) is 0. The van der Waals surface area contributed by atoms with Crippen LogP contribution in [0.3, 0.4) is 0 Å². The van der Waals surface area contributed by atoms with Gasteiger partial charge in [0.25, 0.3) is 0 Å². The van der Waals surface area contributed by atoms with Crippen LogP contribution < -0.4 is 4.74 Å². The maximum atomic E-state index is 10.6. The van der Waals surface area contributed by atoms with E-state index in [4.69, 9.17) is 14.6 Å². The van der Waals surface area contributed by atoms with Gasteiger partial charge in [0.05, 0.1) is 19.1 Å². The number of carboxylic acids is 1. The van der Waals surface area contributed by atoms with E-state index in [-0.39, 0.29) is 6.42 Å². The Bertz CT molecular complexity index is 432. The zero-order valence-corrected chi connectivity index (χ0v) is 11.7. The second-order valence-corrected chi connectivity index (χ2v) is 5.04. The van der Waals surface area contributed by atoms with Crippen LogP contribution in [0.1, 0.15) is 12.5 Å². The number of rotatable bonds is 6. The van der Waals surface area contributed by atoms with Gasteiger partial charge in [-0.2, -0.15) is 0 Å². The van der Waals surface area contributed by atoms with Crippen molar-refractivity contribution in [3.05, 3.63) is 29.8 Å². The molecule has 2 rings (SSSR count). The third kappa shape index (κ3) is 4.83. The van der Waals surface area contributed by atoms with Gasteiger partial charge in [0.1, 0.15) is 12.4 Å². The summed E-state index contributed by atoms with van der Waals surface area (Å²) in [5.74, 6) is -0.0412. The minimum absolute atomic E-state index is 0.0476. The number of hydrogen-bond donors (Lipinski definition) is 1. The van der Waals surface area contributed by atoms with Crippen molar-refractivity contribution in [3.8, 4) is 5.75 Å². The minimum atomic E-state index is -0.819. The van der Waals surface area contributed by atoms with E-state index in [1.54, 1.807) is 12.1 Å². The third-order valence-corrected chi connectivity index (χ3v) is 3.28. The summed E-state index contributed by atoms with van der Waals surface area (Å²) in [5, 5.41) is 8.70. The molecule has 110 valence electrons. The van der Waals surface area contributed by atoms with Crippen LogP contribution in [0.15, 0.2) is 24.3 Å². The fourth-order valence-corrected chi connectivity index (χ4v) is 2.26. The molecule has 1 N–H and O–H groups in total. The van der Waals surface area contributed by atoms with Crippen LogP contribution >= 0.6 is 0 Å². The monoisotopic (exact) mass is 279 g/mol. The zero-order chi connectivity index (χ0) is 14.4. The molecule has 0 spiro atoms. The Morgan fingerprint density at radius 3 is 2.85 bits per heavy atom. The van der Waals surface area contributed by atoms with E-state index in [1.165, 1.54) is 0 Å². The standard InChI is InChI=1S/C15H21NO4/c1-12-11-16(6-8-19-12)7-9-20-14-4-2-13(3-5-14)10-15(17)18/h2-5,12H,6-11H2,1H3,(H,17,18)/t12-/m0/s1. The van der Waals surface area contributed by atoms with Crippen molar-refractivity contribution in [3.63, 3.8) is 0 Å². The molecule has 0 aliphatic carbocycles. The van der Waals surface area contributed by atoms with Gasteiger partial charge in [-0.05, 0) is 24.6 Å². The SMILES string of the molecule is C[C@H]1CN(CCOc2ccc(CC(=O)O)cc2)CCO1. The molecule has 1 saturated heterocycles. The number of carbonyl (C=O) groups is 1. The topological polar surface area (TPSA) is 59.0 Å². The van der Waals surface area contributed by atoms with E-state index < -0.39 is 5.97 Å². The summed E-state index contributed by atoms with van der Waals surface area (Å²) in [6.07, 6.45) is 0.338. The summed E-state index contributed by atoms with van der Waals surface area (Å²) < 4.78 is 11.2. The Labute approximate surface area is 119 Å². The summed E-state index contributed by atoms with van der Waals surface area (Å²) in [6, 6.07) is 7.22. The van der Waals surface area contributed by atoms with Crippen molar-refractivity contribution in [2.75, 3.05) is 32.8 Å². The molecule has 0 amide bonds. The Morgan fingerprint density at radius 2 is 2.20 bits per heavy atom. The average molecular weight is 279 g/mol. The molecular weight excluding hydrogens is 258 g/mol. The van der Waals surface area contributed by atoms with Crippen molar-refractivity contribution in [2.24, 2.45) is 0 Å². The highest BCUT2D eigenvalue weighted by molar-refractivity contribution is 5.70. The quantitative estimate of drug-likeness (QED) is 0.853. The molecule has 5 heteroatoms. The molecule has 1 heterocycles. The number of hydrogen-bond acceptors (Lipinski definition) is 4. The average Bonchev–Trinajstić information content (AvgIpc) is 2.40. The maximum absolute atomic E-state index is 10.6. The number of aliphatic carboxylic acids is 1. The molecule has 20 heavy (non-hydrogen) atoms. The highest BCUT2D eigenvalue weighted by atomic mass is 16.5. The van der Waals surface area contributed by atoms with E-state index in [0.29, 0.717) is 12.7 Å². The smallest absolute Gasteiger partial charge is 0.307 e. The lowest BCUT2D eigenvalue weighted by Gasteiger charge is -2.30. The van der Waals surface area contributed by atoms with Crippen molar-refractivity contribution >= 4 is 5.97 Å². The summed E-state index contributed by atoms with van der Waals surface area (Å²) in [4.78, 5) is 12.9. The van der Waals surface area contributed by atoms with E-state index in [1.807, 2.05) is 12.1 Å². The van der Waals surface area contributed by atoms with Crippen LogP contribution in [0.5, 0.6) is 5.75 Å². The molecule has 1 aromatic rings. The van der Waals surface area contributed by atoms with Crippen molar-refractivity contribution in [2.45, 2.75) is 19.4 Å². The number of morpholine rings is 1. The molecule has 1 atom stereocenters. The molecule has 1 aliphatic heterocycles. The van der Waals surface area contributed by atoms with Crippen LogP contribution in [0.25, 0.3) is 0 Å². The molecule has 0 bridgehead atoms. The van der Waals surface area contributed by atoms with Gasteiger partial charge in [-0.3, -0.25) is 9.69 Å². The van der Waals surface area contributed by atoms with E-state index >= 15 is 0 Å². The molecule has 1 aromatic carbocycles. The van der Waals surface area contributed by atoms with Crippen LogP contribution in [0.2, 0.25) is 0 Å². The lowest BCUT2D eigenvalue weighted by Crippen LogP contribution is -2.42. The van der Waals surface area contributed by atoms with Crippen molar-refractivity contribution in [1.29, 1.82) is 0 Å². The lowest BCUT2D eigenvalue weighted by molar-refractivity contribution is -0.136. The number of carboxylic acid groups (broad SMARTS) is 1. The predicted molar refractivity (Wildman–Crippen MR) is 75.1 cm³/mol. The zero-order valence-electron chi connectivity index (χ0n) is 11.7. The molecule has 1 fully saturated rings. The van der Waals surface area contributed by atoms with Crippen LogP contribution in [0.4, 0.5) is 0 Å². The van der Waals surface area contributed by atoms with E-state index in [2.05, 4.69) is 11.8 Å². The Kier molecular flexibility index (Phi) is 5.38. The van der Waals surface area contributed by atoms with E-state index in [0.717, 1.165) is 37.6 Å². The summed E-state index contributed by atoms with van der Waals surface area (Å²) in [5.41, 5.74) is 0.784. The van der Waals surface area contributed by atoms with Crippen LogP contribution in [-0.4, -0.2) is 54.9 Å². The van der Waals surface area contributed by atoms with Crippen molar-refractivity contribution < 1.29 is 19.4 Å². The van der Waals surface area contributed by atoms with Crippen LogP contribution in [0, 0.1) is 0 Å². The van der Waals surface area contributed by atoms with Gasteiger partial charge in [0.15, 0.2) is 0 Å². The first kappa shape index (κ1) is 14.8. The molecule has 5 nitrogen and oxygen atoms in total. The molecule has 1 aliphatic rings. The first-order chi connectivity index (χ1) is 9.63. The summed E-state index contributed by atoms with van der Waals surface area (Å²) in [6.45, 7) is 6.26. The minimum Gasteiger partial charge on any atom is -0.492 e.